The van der Waals surface area contributed by atoms with Crippen molar-refractivity contribution in [2.45, 2.75) is 39.2 Å². The molecule has 0 aliphatic rings. The van der Waals surface area contributed by atoms with Crippen molar-refractivity contribution in [1.29, 1.82) is 0 Å². The summed E-state index contributed by atoms with van der Waals surface area (Å²) in [6, 6.07) is 10.3. The van der Waals surface area contributed by atoms with E-state index < -0.39 is 22.5 Å². The molecule has 9 heteroatoms. The molecule has 5 nitrogen and oxygen atoms in total. The van der Waals surface area contributed by atoms with Crippen LogP contribution in [0.2, 0.25) is 15.1 Å². The van der Waals surface area contributed by atoms with Gasteiger partial charge in [0.1, 0.15) is 6.54 Å². The van der Waals surface area contributed by atoms with Crippen LogP contribution in [0.25, 0.3) is 0 Å². The number of hydrogen-bond acceptors (Lipinski definition) is 3. The van der Waals surface area contributed by atoms with Crippen molar-refractivity contribution in [2.24, 2.45) is 0 Å². The number of carbonyl (C=O) groups excluding carboxylic acids is 1. The van der Waals surface area contributed by atoms with Gasteiger partial charge in [-0.25, -0.2) is 8.42 Å². The molecule has 0 bridgehead atoms. The van der Waals surface area contributed by atoms with E-state index in [0.29, 0.717) is 0 Å². The second-order valence-electron chi connectivity index (χ2n) is 8.15. The summed E-state index contributed by atoms with van der Waals surface area (Å²) in [6.45, 7) is 7.77. The molecule has 0 unspecified atom stereocenters. The van der Waals surface area contributed by atoms with E-state index >= 15 is 0 Å². The Morgan fingerprint density at radius 2 is 1.57 bits per heavy atom. The van der Waals surface area contributed by atoms with E-state index in [0.717, 1.165) is 16.1 Å². The first-order chi connectivity index (χ1) is 13.7. The maximum atomic E-state index is 12.6. The Morgan fingerprint density at radius 3 is 2.07 bits per heavy atom. The van der Waals surface area contributed by atoms with Gasteiger partial charge in [-0.2, -0.15) is 0 Å². The minimum absolute atomic E-state index is 0.0279. The fourth-order valence-electron chi connectivity index (χ4n) is 2.86. The summed E-state index contributed by atoms with van der Waals surface area (Å²) >= 11 is 18.1. The summed E-state index contributed by atoms with van der Waals surface area (Å²) in [6.07, 6.45) is 0.994. The molecule has 2 aromatic rings. The fourth-order valence-corrected chi connectivity index (χ4v) is 4.41. The van der Waals surface area contributed by atoms with Gasteiger partial charge in [0, 0.05) is 0 Å². The highest BCUT2D eigenvalue weighted by Crippen LogP contribution is 2.35. The lowest BCUT2D eigenvalue weighted by molar-refractivity contribution is -0.120. The highest BCUT2D eigenvalue weighted by molar-refractivity contribution is 7.92. The zero-order valence-electron chi connectivity index (χ0n) is 17.5. The van der Waals surface area contributed by atoms with Crippen LogP contribution in [0.1, 0.15) is 44.9 Å². The van der Waals surface area contributed by atoms with Gasteiger partial charge < -0.3 is 5.32 Å². The molecule has 30 heavy (non-hydrogen) atoms. The number of halogens is 3. The molecule has 0 aromatic heterocycles. The number of anilines is 1. The average Bonchev–Trinajstić information content (AvgIpc) is 2.61. The Morgan fingerprint density at radius 1 is 1.03 bits per heavy atom. The van der Waals surface area contributed by atoms with Crippen LogP contribution in [0, 0.1) is 0 Å². The van der Waals surface area contributed by atoms with Gasteiger partial charge in [0.25, 0.3) is 0 Å². The van der Waals surface area contributed by atoms with Crippen molar-refractivity contribution in [1.82, 2.24) is 5.32 Å². The molecular weight excluding hydrogens is 467 g/mol. The Bertz CT molecular complexity index is 1030. The maximum absolute atomic E-state index is 12.6. The van der Waals surface area contributed by atoms with E-state index in [-0.39, 0.29) is 32.2 Å². The van der Waals surface area contributed by atoms with E-state index in [4.69, 9.17) is 34.8 Å². The minimum atomic E-state index is -3.80. The predicted octanol–water partition coefficient (Wildman–Crippen LogP) is 5.59. The van der Waals surface area contributed by atoms with E-state index in [1.807, 2.05) is 31.2 Å². The molecule has 1 amide bonds. The third-order valence-electron chi connectivity index (χ3n) is 4.60. The molecule has 0 radical (unpaired) electrons. The van der Waals surface area contributed by atoms with Crippen molar-refractivity contribution in [3.63, 3.8) is 0 Å². The Labute approximate surface area is 193 Å². The zero-order valence-corrected chi connectivity index (χ0v) is 20.5. The molecule has 0 heterocycles. The highest BCUT2D eigenvalue weighted by Gasteiger charge is 2.25. The lowest BCUT2D eigenvalue weighted by atomic mass is 9.86. The molecule has 0 fully saturated rings. The van der Waals surface area contributed by atoms with Gasteiger partial charge in [-0.3, -0.25) is 9.10 Å². The highest BCUT2D eigenvalue weighted by atomic mass is 35.5. The van der Waals surface area contributed by atoms with Crippen molar-refractivity contribution >= 4 is 56.4 Å². The largest absolute Gasteiger partial charge is 0.348 e. The number of carbonyl (C=O) groups is 1. The number of rotatable bonds is 6. The lowest BCUT2D eigenvalue weighted by Gasteiger charge is -2.25. The Hall–Kier alpha value is -1.47. The minimum Gasteiger partial charge on any atom is -0.348 e. The summed E-state index contributed by atoms with van der Waals surface area (Å²) in [5.41, 5.74) is 2.21. The third-order valence-corrected chi connectivity index (χ3v) is 6.75. The molecule has 0 spiro atoms. The Kier molecular flexibility index (Phi) is 7.73. The number of nitrogens with zero attached hydrogens (tertiary/aromatic N) is 1. The van der Waals surface area contributed by atoms with Crippen LogP contribution < -0.4 is 9.62 Å². The molecule has 0 aliphatic carbocycles. The number of sulfonamides is 1. The monoisotopic (exact) mass is 490 g/mol. The van der Waals surface area contributed by atoms with E-state index in [9.17, 15) is 13.2 Å². The van der Waals surface area contributed by atoms with Gasteiger partial charge in [0.15, 0.2) is 0 Å². The molecule has 0 aliphatic heterocycles. The van der Waals surface area contributed by atoms with Gasteiger partial charge in [0.2, 0.25) is 15.9 Å². The van der Waals surface area contributed by atoms with E-state index in [1.54, 1.807) is 0 Å². The smallest absolute Gasteiger partial charge is 0.241 e. The van der Waals surface area contributed by atoms with Crippen molar-refractivity contribution in [2.75, 3.05) is 17.1 Å². The third kappa shape index (κ3) is 6.27. The molecule has 2 aromatic carbocycles. The van der Waals surface area contributed by atoms with Crippen molar-refractivity contribution in [3.05, 3.63) is 62.6 Å². The number of nitrogens with one attached hydrogen (secondary N) is 1. The van der Waals surface area contributed by atoms with Gasteiger partial charge in [-0.05, 0) is 35.6 Å². The van der Waals surface area contributed by atoms with Crippen LogP contribution in [0.4, 0.5) is 5.69 Å². The SMILES string of the molecule is C[C@H](NC(=O)CN(c1cc(Cl)c(Cl)cc1Cl)S(C)(=O)=O)c1ccc(C(C)(C)C)cc1. The molecule has 1 atom stereocenters. The number of hydrogen-bond donors (Lipinski definition) is 1. The first-order valence-electron chi connectivity index (χ1n) is 9.22. The van der Waals surface area contributed by atoms with Gasteiger partial charge in [-0.15, -0.1) is 0 Å². The first kappa shape index (κ1) is 24.8. The van der Waals surface area contributed by atoms with Gasteiger partial charge in [-0.1, -0.05) is 79.8 Å². The van der Waals surface area contributed by atoms with Crippen LogP contribution in [-0.2, 0) is 20.2 Å². The molecular formula is C21H25Cl3N2O3S. The average molecular weight is 492 g/mol. The normalized spacial score (nSPS) is 13.1. The van der Waals surface area contributed by atoms with Crippen molar-refractivity contribution in [3.8, 4) is 0 Å². The first-order valence-corrected chi connectivity index (χ1v) is 12.2. The molecule has 164 valence electrons. The quantitative estimate of drug-likeness (QED) is 0.536. The summed E-state index contributed by atoms with van der Waals surface area (Å²) in [4.78, 5) is 12.6. The lowest BCUT2D eigenvalue weighted by Crippen LogP contribution is -2.41. The maximum Gasteiger partial charge on any atom is 0.241 e. The summed E-state index contributed by atoms with van der Waals surface area (Å²) < 4.78 is 25.5. The topological polar surface area (TPSA) is 66.5 Å². The zero-order chi connectivity index (χ0) is 22.9. The van der Waals surface area contributed by atoms with E-state index in [2.05, 4.69) is 26.1 Å². The van der Waals surface area contributed by atoms with Crippen LogP contribution in [0.15, 0.2) is 36.4 Å². The second kappa shape index (κ2) is 9.35. The number of amides is 1. The molecule has 1 N–H and O–H groups in total. The van der Waals surface area contributed by atoms with Crippen molar-refractivity contribution < 1.29 is 13.2 Å². The molecule has 2 rings (SSSR count). The summed E-state index contributed by atoms with van der Waals surface area (Å²) in [7, 11) is -3.80. The molecule has 0 saturated carbocycles. The van der Waals surface area contributed by atoms with Crippen LogP contribution in [-0.4, -0.2) is 27.1 Å². The fraction of sp³-hybridized carbons (Fsp3) is 0.381. The van der Waals surface area contributed by atoms with Crippen LogP contribution in [0.3, 0.4) is 0 Å². The predicted molar refractivity (Wildman–Crippen MR) is 125 cm³/mol. The van der Waals surface area contributed by atoms with Crippen LogP contribution in [0.5, 0.6) is 0 Å². The second-order valence-corrected chi connectivity index (χ2v) is 11.3. The molecule has 0 saturated heterocycles. The summed E-state index contributed by atoms with van der Waals surface area (Å²) in [5, 5.41) is 3.23. The summed E-state index contributed by atoms with van der Waals surface area (Å²) in [5.74, 6) is -0.477. The van der Waals surface area contributed by atoms with Crippen LogP contribution >= 0.6 is 34.8 Å². The van der Waals surface area contributed by atoms with Gasteiger partial charge in [0.05, 0.1) is 33.1 Å². The van der Waals surface area contributed by atoms with Gasteiger partial charge >= 0.3 is 0 Å². The Balaban J connectivity index is 2.20. The van der Waals surface area contributed by atoms with E-state index in [1.165, 1.54) is 17.7 Å². The standard InChI is InChI=1S/C21H25Cl3N2O3S/c1-13(14-6-8-15(9-7-14)21(2,3)4)25-20(27)12-26(30(5,28)29)19-11-17(23)16(22)10-18(19)24/h6-11,13H,12H2,1-5H3,(H,25,27)/t13-/m0/s1. The number of benzene rings is 2.